The van der Waals surface area contributed by atoms with Crippen molar-refractivity contribution >= 4 is 5.97 Å². The van der Waals surface area contributed by atoms with E-state index in [1.807, 2.05) is 13.0 Å². The first-order valence-corrected chi connectivity index (χ1v) is 8.00. The lowest BCUT2D eigenvalue weighted by Gasteiger charge is -2.31. The van der Waals surface area contributed by atoms with E-state index in [1.165, 1.54) is 6.92 Å². The molecule has 0 aliphatic carbocycles. The van der Waals surface area contributed by atoms with Gasteiger partial charge in [-0.3, -0.25) is 4.79 Å². The normalized spacial score (nSPS) is 12.0. The molecule has 0 aliphatic rings. The minimum atomic E-state index is -0.305. The van der Waals surface area contributed by atoms with Gasteiger partial charge in [-0.15, -0.1) is 0 Å². The van der Waals surface area contributed by atoms with Gasteiger partial charge in [-0.05, 0) is 29.4 Å². The first-order valence-electron chi connectivity index (χ1n) is 8.00. The van der Waals surface area contributed by atoms with E-state index in [0.717, 1.165) is 22.4 Å². The first-order chi connectivity index (χ1) is 10.4. The zero-order chi connectivity index (χ0) is 18.0. The van der Waals surface area contributed by atoms with E-state index >= 15 is 0 Å². The molecule has 0 heterocycles. The summed E-state index contributed by atoms with van der Waals surface area (Å²) in [7, 11) is 0. The second kappa shape index (κ2) is 6.77. The standard InChI is InChI=1S/C20H30O3/c1-10-11-22-16-12-15(19(4,5)6)18(23-14(3)21)17(13(16)2)20(7,8)9/h10,12H,1,11H2,2-9H3. The summed E-state index contributed by atoms with van der Waals surface area (Å²) < 4.78 is 11.5. The van der Waals surface area contributed by atoms with Gasteiger partial charge in [-0.2, -0.15) is 0 Å². The number of esters is 1. The second-order valence-electron chi connectivity index (χ2n) is 7.94. The molecule has 0 amide bonds. The average Bonchev–Trinajstić information content (AvgIpc) is 2.33. The molecule has 0 spiro atoms. The van der Waals surface area contributed by atoms with E-state index in [-0.39, 0.29) is 16.8 Å². The van der Waals surface area contributed by atoms with Gasteiger partial charge < -0.3 is 9.47 Å². The minimum Gasteiger partial charge on any atom is -0.489 e. The van der Waals surface area contributed by atoms with E-state index in [9.17, 15) is 4.79 Å². The Labute approximate surface area is 140 Å². The van der Waals surface area contributed by atoms with Crippen LogP contribution in [0.4, 0.5) is 0 Å². The van der Waals surface area contributed by atoms with Crippen molar-refractivity contribution in [3.05, 3.63) is 35.4 Å². The molecule has 0 unspecified atom stereocenters. The number of rotatable bonds is 4. The maximum absolute atomic E-state index is 11.7. The number of ether oxygens (including phenoxy) is 2. The van der Waals surface area contributed by atoms with Crippen LogP contribution in [0.3, 0.4) is 0 Å². The molecule has 23 heavy (non-hydrogen) atoms. The summed E-state index contributed by atoms with van der Waals surface area (Å²) in [6, 6.07) is 1.99. The summed E-state index contributed by atoms with van der Waals surface area (Å²) in [5.41, 5.74) is 2.64. The molecule has 0 atom stereocenters. The SMILES string of the molecule is C=CCOc1cc(C(C)(C)C)c(OC(C)=O)c(C(C)(C)C)c1C. The number of hydrogen-bond donors (Lipinski definition) is 0. The molecule has 0 aromatic heterocycles. The third kappa shape index (κ3) is 4.60. The van der Waals surface area contributed by atoms with Crippen molar-refractivity contribution in [2.75, 3.05) is 6.61 Å². The van der Waals surface area contributed by atoms with E-state index in [2.05, 4.69) is 48.1 Å². The monoisotopic (exact) mass is 318 g/mol. The Kier molecular flexibility index (Phi) is 5.68. The van der Waals surface area contributed by atoms with Gasteiger partial charge in [0.05, 0.1) is 0 Å². The van der Waals surface area contributed by atoms with E-state index < -0.39 is 0 Å². The fourth-order valence-corrected chi connectivity index (χ4v) is 2.74. The van der Waals surface area contributed by atoms with Gasteiger partial charge in [0.15, 0.2) is 0 Å². The van der Waals surface area contributed by atoms with Crippen molar-refractivity contribution in [1.29, 1.82) is 0 Å². The molecule has 128 valence electrons. The van der Waals surface area contributed by atoms with Crippen molar-refractivity contribution in [1.82, 2.24) is 0 Å². The summed E-state index contributed by atoms with van der Waals surface area (Å²) in [6.07, 6.45) is 1.73. The molecule has 1 aromatic rings. The molecule has 0 saturated heterocycles. The second-order valence-corrected chi connectivity index (χ2v) is 7.94. The predicted octanol–water partition coefficient (Wildman–Crippen LogP) is 5.08. The van der Waals surface area contributed by atoms with Crippen LogP contribution in [0.5, 0.6) is 11.5 Å². The van der Waals surface area contributed by atoms with E-state index in [0.29, 0.717) is 12.4 Å². The van der Waals surface area contributed by atoms with Gasteiger partial charge >= 0.3 is 5.97 Å². The summed E-state index contributed by atoms with van der Waals surface area (Å²) in [5, 5.41) is 0. The molecule has 0 N–H and O–H groups in total. The highest BCUT2D eigenvalue weighted by Gasteiger charge is 2.31. The highest BCUT2D eigenvalue weighted by Crippen LogP contribution is 2.45. The van der Waals surface area contributed by atoms with Crippen LogP contribution in [0.15, 0.2) is 18.7 Å². The van der Waals surface area contributed by atoms with Crippen LogP contribution >= 0.6 is 0 Å². The molecule has 1 aromatic carbocycles. The molecule has 0 fully saturated rings. The van der Waals surface area contributed by atoms with Crippen LogP contribution in [0.2, 0.25) is 0 Å². The lowest BCUT2D eigenvalue weighted by Crippen LogP contribution is -2.23. The quantitative estimate of drug-likeness (QED) is 0.441. The van der Waals surface area contributed by atoms with Crippen LogP contribution in [0.25, 0.3) is 0 Å². The summed E-state index contributed by atoms with van der Waals surface area (Å²) >= 11 is 0. The lowest BCUT2D eigenvalue weighted by atomic mass is 9.77. The first kappa shape index (κ1) is 19.3. The molecule has 3 heteroatoms. The van der Waals surface area contributed by atoms with Crippen molar-refractivity contribution in [2.45, 2.75) is 66.2 Å². The Hall–Kier alpha value is -1.77. The number of hydrogen-bond acceptors (Lipinski definition) is 3. The third-order valence-electron chi connectivity index (χ3n) is 3.65. The van der Waals surface area contributed by atoms with Crippen LogP contribution in [-0.2, 0) is 15.6 Å². The number of benzene rings is 1. The minimum absolute atomic E-state index is 0.176. The van der Waals surface area contributed by atoms with Crippen LogP contribution in [-0.4, -0.2) is 12.6 Å². The van der Waals surface area contributed by atoms with Gasteiger partial charge in [0.1, 0.15) is 18.1 Å². The molecule has 1 rings (SSSR count). The Morgan fingerprint density at radius 3 is 2.13 bits per heavy atom. The highest BCUT2D eigenvalue weighted by molar-refractivity contribution is 5.72. The maximum atomic E-state index is 11.7. The summed E-state index contributed by atoms with van der Waals surface area (Å²) in [4.78, 5) is 11.7. The molecule has 0 aliphatic heterocycles. The Balaban J connectivity index is 3.78. The molecule has 0 bridgehead atoms. The van der Waals surface area contributed by atoms with Gasteiger partial charge in [0.25, 0.3) is 0 Å². The lowest BCUT2D eigenvalue weighted by molar-refractivity contribution is -0.132. The Morgan fingerprint density at radius 2 is 1.74 bits per heavy atom. The molecular formula is C20H30O3. The highest BCUT2D eigenvalue weighted by atomic mass is 16.5. The van der Waals surface area contributed by atoms with Gasteiger partial charge in [-0.25, -0.2) is 0 Å². The van der Waals surface area contributed by atoms with Gasteiger partial charge in [0.2, 0.25) is 0 Å². The van der Waals surface area contributed by atoms with Crippen molar-refractivity contribution < 1.29 is 14.3 Å². The van der Waals surface area contributed by atoms with E-state index in [4.69, 9.17) is 9.47 Å². The topological polar surface area (TPSA) is 35.5 Å². The molecule has 0 radical (unpaired) electrons. The summed E-state index contributed by atoms with van der Waals surface area (Å²) in [5.74, 6) is 1.18. The smallest absolute Gasteiger partial charge is 0.308 e. The predicted molar refractivity (Wildman–Crippen MR) is 95.6 cm³/mol. The van der Waals surface area contributed by atoms with Crippen molar-refractivity contribution in [2.24, 2.45) is 0 Å². The fraction of sp³-hybridized carbons (Fsp3) is 0.550. The Bertz CT molecular complexity index is 599. The molecule has 3 nitrogen and oxygen atoms in total. The fourth-order valence-electron chi connectivity index (χ4n) is 2.74. The zero-order valence-electron chi connectivity index (χ0n) is 15.8. The molecule has 0 saturated carbocycles. The van der Waals surface area contributed by atoms with Crippen LogP contribution < -0.4 is 9.47 Å². The van der Waals surface area contributed by atoms with E-state index in [1.54, 1.807) is 6.08 Å². The van der Waals surface area contributed by atoms with Crippen LogP contribution in [0, 0.1) is 6.92 Å². The Morgan fingerprint density at radius 1 is 1.17 bits per heavy atom. The average molecular weight is 318 g/mol. The maximum Gasteiger partial charge on any atom is 0.308 e. The van der Waals surface area contributed by atoms with Gasteiger partial charge in [-0.1, -0.05) is 54.2 Å². The molecular weight excluding hydrogens is 288 g/mol. The zero-order valence-corrected chi connectivity index (χ0v) is 15.8. The van der Waals surface area contributed by atoms with Crippen LogP contribution in [0.1, 0.15) is 65.2 Å². The van der Waals surface area contributed by atoms with Crippen molar-refractivity contribution in [3.8, 4) is 11.5 Å². The van der Waals surface area contributed by atoms with Gasteiger partial charge in [0, 0.05) is 18.1 Å². The third-order valence-corrected chi connectivity index (χ3v) is 3.65. The number of carbonyl (C=O) groups is 1. The number of carbonyl (C=O) groups excluding carboxylic acids is 1. The largest absolute Gasteiger partial charge is 0.489 e. The van der Waals surface area contributed by atoms with Crippen molar-refractivity contribution in [3.63, 3.8) is 0 Å². The summed E-state index contributed by atoms with van der Waals surface area (Å²) in [6.45, 7) is 20.3.